The van der Waals surface area contributed by atoms with Gasteiger partial charge in [-0.2, -0.15) is 5.10 Å². The first kappa shape index (κ1) is 23.6. The molecule has 1 aliphatic heterocycles. The number of rotatable bonds is 7. The highest BCUT2D eigenvalue weighted by Gasteiger charge is 2.17. The quantitative estimate of drug-likeness (QED) is 0.277. The topological polar surface area (TPSA) is 99.3 Å². The van der Waals surface area contributed by atoms with Gasteiger partial charge < -0.3 is 9.88 Å². The summed E-state index contributed by atoms with van der Waals surface area (Å²) in [6.45, 7) is 3.42. The zero-order chi connectivity index (χ0) is 26.2. The lowest BCUT2D eigenvalue weighted by atomic mass is 10.0. The van der Waals surface area contributed by atoms with E-state index in [9.17, 15) is 4.39 Å². The third-order valence-corrected chi connectivity index (χ3v) is 7.45. The molecule has 1 aliphatic rings. The zero-order valence-corrected chi connectivity index (χ0v) is 21.4. The van der Waals surface area contributed by atoms with Crippen LogP contribution < -0.4 is 0 Å². The molecule has 7 rings (SSSR count). The SMILES string of the molecule is Fc1cc(CCCN2CCCC2)cc(-c2ccnc3nc(-c4n[nH]c5cnc(-c6ccncc6)cc45)[nH]c23)c1. The lowest BCUT2D eigenvalue weighted by Crippen LogP contribution is -2.20. The first-order valence-corrected chi connectivity index (χ1v) is 13.3. The third kappa shape index (κ3) is 4.66. The van der Waals surface area contributed by atoms with Gasteiger partial charge in [0.25, 0.3) is 0 Å². The summed E-state index contributed by atoms with van der Waals surface area (Å²) >= 11 is 0. The van der Waals surface area contributed by atoms with Gasteiger partial charge in [0.15, 0.2) is 11.5 Å². The molecule has 2 N–H and O–H groups in total. The van der Waals surface area contributed by atoms with Crippen molar-refractivity contribution in [2.75, 3.05) is 19.6 Å². The van der Waals surface area contributed by atoms with Crippen molar-refractivity contribution in [3.8, 4) is 33.9 Å². The summed E-state index contributed by atoms with van der Waals surface area (Å²) in [7, 11) is 0. The summed E-state index contributed by atoms with van der Waals surface area (Å²) < 4.78 is 14.7. The van der Waals surface area contributed by atoms with E-state index >= 15 is 0 Å². The molecule has 8 nitrogen and oxygen atoms in total. The molecule has 0 unspecified atom stereocenters. The molecule has 6 heterocycles. The Morgan fingerprint density at radius 1 is 0.923 bits per heavy atom. The summed E-state index contributed by atoms with van der Waals surface area (Å²) in [6.07, 6.45) is 11.4. The van der Waals surface area contributed by atoms with Gasteiger partial charge in [0, 0.05) is 35.1 Å². The van der Waals surface area contributed by atoms with Crippen LogP contribution in [0.3, 0.4) is 0 Å². The highest BCUT2D eigenvalue weighted by molar-refractivity contribution is 5.96. The fraction of sp³-hybridized carbons (Fsp3) is 0.233. The Labute approximate surface area is 224 Å². The van der Waals surface area contributed by atoms with E-state index in [0.29, 0.717) is 17.2 Å². The lowest BCUT2D eigenvalue weighted by Gasteiger charge is -2.14. The van der Waals surface area contributed by atoms with Crippen molar-refractivity contribution in [2.45, 2.75) is 25.7 Å². The fourth-order valence-corrected chi connectivity index (χ4v) is 5.50. The minimum atomic E-state index is -0.234. The molecule has 1 saturated heterocycles. The van der Waals surface area contributed by atoms with E-state index in [-0.39, 0.29) is 5.82 Å². The Hall–Kier alpha value is -4.50. The van der Waals surface area contributed by atoms with Gasteiger partial charge in [-0.25, -0.2) is 14.4 Å². The second-order valence-electron chi connectivity index (χ2n) is 10.1. The molecule has 194 valence electrons. The maximum absolute atomic E-state index is 14.7. The van der Waals surface area contributed by atoms with Crippen molar-refractivity contribution in [2.24, 2.45) is 0 Å². The third-order valence-electron chi connectivity index (χ3n) is 7.45. The van der Waals surface area contributed by atoms with Crippen molar-refractivity contribution in [1.29, 1.82) is 0 Å². The van der Waals surface area contributed by atoms with Crippen LogP contribution in [-0.4, -0.2) is 59.7 Å². The number of aromatic nitrogens is 7. The molecule has 9 heteroatoms. The summed E-state index contributed by atoms with van der Waals surface area (Å²) in [5, 5.41) is 8.47. The van der Waals surface area contributed by atoms with E-state index in [1.165, 1.54) is 25.9 Å². The molecule has 0 saturated carbocycles. The van der Waals surface area contributed by atoms with Gasteiger partial charge in [-0.15, -0.1) is 0 Å². The van der Waals surface area contributed by atoms with Gasteiger partial charge in [-0.3, -0.25) is 15.1 Å². The van der Waals surface area contributed by atoms with Gasteiger partial charge >= 0.3 is 0 Å². The molecule has 0 spiro atoms. The Balaban J connectivity index is 1.23. The van der Waals surface area contributed by atoms with E-state index in [4.69, 9.17) is 4.98 Å². The van der Waals surface area contributed by atoms with E-state index in [0.717, 1.165) is 63.8 Å². The smallest absolute Gasteiger partial charge is 0.178 e. The number of hydrogen-bond acceptors (Lipinski definition) is 6. The standard InChI is InChI=1S/C30H27FN8/c31-22-15-19(4-3-13-39-11-1-2-12-39)14-21(16-22)23-7-10-33-29-27(23)35-30(36-29)28-24-17-25(20-5-8-32-9-6-20)34-18-26(24)37-38-28/h5-10,14-18H,1-4,11-13H2,(H,37,38)(H,33,35,36). The van der Waals surface area contributed by atoms with Crippen LogP contribution in [0.5, 0.6) is 0 Å². The number of halogens is 1. The second-order valence-corrected chi connectivity index (χ2v) is 10.1. The van der Waals surface area contributed by atoms with Gasteiger partial charge in [0.1, 0.15) is 11.5 Å². The van der Waals surface area contributed by atoms with E-state index in [1.807, 2.05) is 24.3 Å². The minimum absolute atomic E-state index is 0.234. The molecule has 0 radical (unpaired) electrons. The monoisotopic (exact) mass is 518 g/mol. The summed E-state index contributed by atoms with van der Waals surface area (Å²) in [5.74, 6) is 0.355. The van der Waals surface area contributed by atoms with Gasteiger partial charge in [-0.05, 0) is 92.8 Å². The molecule has 0 aliphatic carbocycles. The molecular formula is C30H27FN8. The van der Waals surface area contributed by atoms with E-state index in [2.05, 4.69) is 41.1 Å². The van der Waals surface area contributed by atoms with Crippen LogP contribution in [0.1, 0.15) is 24.8 Å². The fourth-order valence-electron chi connectivity index (χ4n) is 5.50. The Morgan fingerprint density at radius 3 is 2.67 bits per heavy atom. The van der Waals surface area contributed by atoms with Gasteiger partial charge in [0.2, 0.25) is 0 Å². The van der Waals surface area contributed by atoms with Crippen LogP contribution in [0.25, 0.3) is 56.0 Å². The predicted octanol–water partition coefficient (Wildman–Crippen LogP) is 5.79. The van der Waals surface area contributed by atoms with Crippen LogP contribution >= 0.6 is 0 Å². The molecule has 0 amide bonds. The predicted molar refractivity (Wildman–Crippen MR) is 149 cm³/mol. The highest BCUT2D eigenvalue weighted by atomic mass is 19.1. The van der Waals surface area contributed by atoms with Crippen molar-refractivity contribution in [1.82, 2.24) is 40.0 Å². The van der Waals surface area contributed by atoms with E-state index in [1.54, 1.807) is 36.9 Å². The molecule has 1 fully saturated rings. The van der Waals surface area contributed by atoms with Crippen molar-refractivity contribution < 1.29 is 4.39 Å². The van der Waals surface area contributed by atoms with Crippen LogP contribution in [0.2, 0.25) is 0 Å². The molecule has 39 heavy (non-hydrogen) atoms. The Kier molecular flexibility index (Phi) is 6.05. The number of likely N-dealkylation sites (tertiary alicyclic amines) is 1. The average Bonchev–Trinajstić information content (AvgIpc) is 3.72. The molecule has 5 aromatic heterocycles. The van der Waals surface area contributed by atoms with Crippen molar-refractivity contribution in [3.63, 3.8) is 0 Å². The van der Waals surface area contributed by atoms with Crippen LogP contribution in [-0.2, 0) is 6.42 Å². The molecule has 6 aromatic rings. The van der Waals surface area contributed by atoms with Gasteiger partial charge in [-0.1, -0.05) is 6.07 Å². The van der Waals surface area contributed by atoms with Crippen LogP contribution in [0.15, 0.2) is 67.3 Å². The first-order valence-electron chi connectivity index (χ1n) is 13.3. The Bertz CT molecular complexity index is 1770. The second kappa shape index (κ2) is 9.99. The number of nitrogens with one attached hydrogen (secondary N) is 2. The average molecular weight is 519 g/mol. The largest absolute Gasteiger partial charge is 0.335 e. The normalized spacial score (nSPS) is 14.1. The molecule has 0 atom stereocenters. The van der Waals surface area contributed by atoms with Crippen LogP contribution in [0, 0.1) is 5.82 Å². The lowest BCUT2D eigenvalue weighted by molar-refractivity contribution is 0.334. The van der Waals surface area contributed by atoms with Crippen LogP contribution in [0.4, 0.5) is 4.39 Å². The maximum Gasteiger partial charge on any atom is 0.178 e. The summed E-state index contributed by atoms with van der Waals surface area (Å²) in [5.41, 5.74) is 7.25. The molecule has 1 aromatic carbocycles. The minimum Gasteiger partial charge on any atom is -0.335 e. The number of pyridine rings is 3. The number of hydrogen-bond donors (Lipinski definition) is 2. The first-order chi connectivity index (χ1) is 19.2. The molecule has 0 bridgehead atoms. The number of aryl methyl sites for hydroxylation is 1. The number of H-pyrrole nitrogens is 2. The van der Waals surface area contributed by atoms with E-state index < -0.39 is 0 Å². The number of fused-ring (bicyclic) bond motifs is 2. The maximum atomic E-state index is 14.7. The molecular weight excluding hydrogens is 491 g/mol. The van der Waals surface area contributed by atoms with Crippen molar-refractivity contribution in [3.05, 3.63) is 78.6 Å². The van der Waals surface area contributed by atoms with Crippen molar-refractivity contribution >= 4 is 22.1 Å². The number of aromatic amines is 2. The van der Waals surface area contributed by atoms with Gasteiger partial charge in [0.05, 0.1) is 22.9 Å². The summed E-state index contributed by atoms with van der Waals surface area (Å²) in [4.78, 5) is 23.8. The number of benzene rings is 1. The summed E-state index contributed by atoms with van der Waals surface area (Å²) in [6, 6.07) is 13.0. The Morgan fingerprint density at radius 2 is 1.79 bits per heavy atom. The number of imidazole rings is 1. The number of nitrogens with zero attached hydrogens (tertiary/aromatic N) is 6. The highest BCUT2D eigenvalue weighted by Crippen LogP contribution is 2.32. The zero-order valence-electron chi connectivity index (χ0n) is 21.4.